The summed E-state index contributed by atoms with van der Waals surface area (Å²) in [7, 11) is -1.96. The van der Waals surface area contributed by atoms with E-state index in [9.17, 15) is 18.0 Å². The summed E-state index contributed by atoms with van der Waals surface area (Å²) >= 11 is 0. The van der Waals surface area contributed by atoms with Crippen LogP contribution < -0.4 is 5.32 Å². The number of nitrogens with zero attached hydrogens (tertiary/aromatic N) is 1. The second-order valence-corrected chi connectivity index (χ2v) is 10.00. The van der Waals surface area contributed by atoms with Crippen molar-refractivity contribution in [3.05, 3.63) is 65.7 Å². The third kappa shape index (κ3) is 6.52. The fraction of sp³-hybridized carbons (Fsp3) is 0.360. The lowest BCUT2D eigenvalue weighted by molar-refractivity contribution is -0.137. The molecule has 33 heavy (non-hydrogen) atoms. The van der Waals surface area contributed by atoms with Crippen molar-refractivity contribution >= 4 is 33.7 Å². The molecule has 0 bridgehead atoms. The number of nitrogens with one attached hydrogen (secondary N) is 1. The Morgan fingerprint density at radius 1 is 1.03 bits per heavy atom. The van der Waals surface area contributed by atoms with Crippen LogP contribution in [0.3, 0.4) is 0 Å². The molecule has 1 aliphatic rings. The highest BCUT2D eigenvalue weighted by Crippen LogP contribution is 2.26. The Hall–Kier alpha value is -2.97. The SMILES string of the molecule is CCOC(=O)/C=C/c1ccc(NC(=O)c2ccc(S(=O)(=O)N(C)C3CCCCC3)cc2)cc1. The van der Waals surface area contributed by atoms with E-state index in [1.165, 1.54) is 34.6 Å². The van der Waals surface area contributed by atoms with Gasteiger partial charge in [-0.05, 0) is 67.8 Å². The van der Waals surface area contributed by atoms with Crippen LogP contribution in [0.25, 0.3) is 6.08 Å². The summed E-state index contributed by atoms with van der Waals surface area (Å²) < 4.78 is 32.2. The first-order valence-electron chi connectivity index (χ1n) is 11.2. The fourth-order valence-corrected chi connectivity index (χ4v) is 5.24. The third-order valence-electron chi connectivity index (χ3n) is 5.75. The van der Waals surface area contributed by atoms with Crippen molar-refractivity contribution in [1.82, 2.24) is 4.31 Å². The summed E-state index contributed by atoms with van der Waals surface area (Å²) in [4.78, 5) is 24.2. The maximum Gasteiger partial charge on any atom is 0.330 e. The number of esters is 1. The smallest absolute Gasteiger partial charge is 0.330 e. The molecular weight excluding hydrogens is 440 g/mol. The van der Waals surface area contributed by atoms with Gasteiger partial charge in [-0.1, -0.05) is 31.4 Å². The Morgan fingerprint density at radius 3 is 2.27 bits per heavy atom. The molecule has 2 aromatic rings. The van der Waals surface area contributed by atoms with E-state index in [0.717, 1.165) is 37.7 Å². The predicted octanol–water partition coefficient (Wildman–Crippen LogP) is 4.47. The molecule has 0 radical (unpaired) electrons. The minimum absolute atomic E-state index is 0.0295. The van der Waals surface area contributed by atoms with Crippen LogP contribution in [0.1, 0.15) is 54.9 Å². The highest BCUT2D eigenvalue weighted by Gasteiger charge is 2.29. The number of sulfonamides is 1. The lowest BCUT2D eigenvalue weighted by Crippen LogP contribution is -2.38. The van der Waals surface area contributed by atoms with Crippen molar-refractivity contribution in [2.24, 2.45) is 0 Å². The van der Waals surface area contributed by atoms with E-state index in [1.807, 2.05) is 0 Å². The van der Waals surface area contributed by atoms with Crippen LogP contribution in [-0.2, 0) is 19.6 Å². The molecule has 0 unspecified atom stereocenters. The van der Waals surface area contributed by atoms with Crippen LogP contribution in [0.4, 0.5) is 5.69 Å². The lowest BCUT2D eigenvalue weighted by atomic mass is 9.96. The Kier molecular flexibility index (Phi) is 8.41. The van der Waals surface area contributed by atoms with Gasteiger partial charge in [0.25, 0.3) is 5.91 Å². The van der Waals surface area contributed by atoms with E-state index in [4.69, 9.17) is 4.74 Å². The molecule has 8 heteroatoms. The van der Waals surface area contributed by atoms with E-state index in [2.05, 4.69) is 5.32 Å². The molecule has 0 aliphatic heterocycles. The zero-order chi connectivity index (χ0) is 23.8. The molecule has 0 aromatic heterocycles. The van der Waals surface area contributed by atoms with Crippen molar-refractivity contribution in [3.8, 4) is 0 Å². The summed E-state index contributed by atoms with van der Waals surface area (Å²) in [6.07, 6.45) is 7.99. The second-order valence-electron chi connectivity index (χ2n) is 8.00. The quantitative estimate of drug-likeness (QED) is 0.454. The zero-order valence-corrected chi connectivity index (χ0v) is 19.8. The average Bonchev–Trinajstić information content (AvgIpc) is 2.84. The molecule has 3 rings (SSSR count). The van der Waals surface area contributed by atoms with Gasteiger partial charge in [0, 0.05) is 30.4 Å². The minimum atomic E-state index is -3.60. The molecule has 176 valence electrons. The Labute approximate surface area is 195 Å². The summed E-state index contributed by atoms with van der Waals surface area (Å²) in [5.74, 6) is -0.750. The lowest BCUT2D eigenvalue weighted by Gasteiger charge is -2.30. The molecule has 7 nitrogen and oxygen atoms in total. The highest BCUT2D eigenvalue weighted by molar-refractivity contribution is 7.89. The van der Waals surface area contributed by atoms with E-state index in [1.54, 1.807) is 44.3 Å². The molecule has 0 spiro atoms. The maximum atomic E-state index is 13.0. The highest BCUT2D eigenvalue weighted by atomic mass is 32.2. The van der Waals surface area contributed by atoms with Gasteiger partial charge < -0.3 is 10.1 Å². The normalized spacial score (nSPS) is 15.0. The first-order valence-corrected chi connectivity index (χ1v) is 12.6. The fourth-order valence-electron chi connectivity index (χ4n) is 3.82. The molecule has 0 saturated heterocycles. The standard InChI is InChI=1S/C25H30N2O5S/c1-3-32-24(28)18-11-19-9-14-21(15-10-19)26-25(29)20-12-16-23(17-13-20)33(30,31)27(2)22-7-5-4-6-8-22/h9-18,22H,3-8H2,1-2H3,(H,26,29)/b18-11+. The topological polar surface area (TPSA) is 92.8 Å². The molecule has 1 amide bonds. The Morgan fingerprint density at radius 2 is 1.67 bits per heavy atom. The number of rotatable bonds is 8. The van der Waals surface area contributed by atoms with Crippen LogP contribution in [0.2, 0.25) is 0 Å². The summed E-state index contributed by atoms with van der Waals surface area (Å²) in [5, 5.41) is 2.79. The van der Waals surface area contributed by atoms with Crippen molar-refractivity contribution in [1.29, 1.82) is 0 Å². The molecule has 0 heterocycles. The predicted molar refractivity (Wildman–Crippen MR) is 128 cm³/mol. The first kappa shape index (κ1) is 24.7. The molecule has 1 aliphatic carbocycles. The number of amides is 1. The van der Waals surface area contributed by atoms with Gasteiger partial charge in [0.1, 0.15) is 0 Å². The number of hydrogen-bond acceptors (Lipinski definition) is 5. The molecule has 1 saturated carbocycles. The van der Waals surface area contributed by atoms with Crippen LogP contribution >= 0.6 is 0 Å². The number of benzene rings is 2. The largest absolute Gasteiger partial charge is 0.463 e. The van der Waals surface area contributed by atoms with Gasteiger partial charge in [-0.2, -0.15) is 4.31 Å². The van der Waals surface area contributed by atoms with Gasteiger partial charge in [-0.3, -0.25) is 4.79 Å². The van der Waals surface area contributed by atoms with E-state index in [-0.39, 0.29) is 16.8 Å². The molecule has 1 fully saturated rings. The van der Waals surface area contributed by atoms with Gasteiger partial charge in [0.15, 0.2) is 0 Å². The third-order valence-corrected chi connectivity index (χ3v) is 7.67. The van der Waals surface area contributed by atoms with Crippen molar-refractivity contribution < 1.29 is 22.7 Å². The van der Waals surface area contributed by atoms with E-state index in [0.29, 0.717) is 17.9 Å². The van der Waals surface area contributed by atoms with Crippen molar-refractivity contribution in [2.75, 3.05) is 19.0 Å². The van der Waals surface area contributed by atoms with Gasteiger partial charge in [-0.25, -0.2) is 13.2 Å². The second kappa shape index (κ2) is 11.2. The summed E-state index contributed by atoms with van der Waals surface area (Å²) in [6.45, 7) is 2.06. The van der Waals surface area contributed by atoms with E-state index < -0.39 is 16.0 Å². The Bertz CT molecular complexity index is 1090. The summed E-state index contributed by atoms with van der Waals surface area (Å²) in [5.41, 5.74) is 1.74. The van der Waals surface area contributed by atoms with Crippen molar-refractivity contribution in [2.45, 2.75) is 50.0 Å². The molecule has 2 aromatic carbocycles. The van der Waals surface area contributed by atoms with Crippen LogP contribution in [0.15, 0.2) is 59.5 Å². The average molecular weight is 471 g/mol. The van der Waals surface area contributed by atoms with Crippen LogP contribution in [-0.4, -0.2) is 44.3 Å². The monoisotopic (exact) mass is 470 g/mol. The van der Waals surface area contributed by atoms with Crippen LogP contribution in [0, 0.1) is 0 Å². The number of ether oxygens (including phenoxy) is 1. The molecule has 0 atom stereocenters. The molecule has 1 N–H and O–H groups in total. The molecular formula is C25H30N2O5S. The number of anilines is 1. The maximum absolute atomic E-state index is 13.0. The van der Waals surface area contributed by atoms with Gasteiger partial charge in [0.05, 0.1) is 11.5 Å². The zero-order valence-electron chi connectivity index (χ0n) is 19.0. The number of carbonyl (C=O) groups excluding carboxylic acids is 2. The minimum Gasteiger partial charge on any atom is -0.463 e. The Balaban J connectivity index is 1.62. The van der Waals surface area contributed by atoms with E-state index >= 15 is 0 Å². The van der Waals surface area contributed by atoms with Gasteiger partial charge in [-0.15, -0.1) is 0 Å². The van der Waals surface area contributed by atoms with Crippen molar-refractivity contribution in [3.63, 3.8) is 0 Å². The summed E-state index contributed by atoms with van der Waals surface area (Å²) in [6, 6.07) is 13.0. The first-order chi connectivity index (χ1) is 15.8. The number of hydrogen-bond donors (Lipinski definition) is 1. The van der Waals surface area contributed by atoms with Gasteiger partial charge >= 0.3 is 5.97 Å². The number of carbonyl (C=O) groups is 2. The van der Waals surface area contributed by atoms with Crippen LogP contribution in [0.5, 0.6) is 0 Å². The van der Waals surface area contributed by atoms with Gasteiger partial charge in [0.2, 0.25) is 10.0 Å².